The Kier molecular flexibility index (Phi) is 4.37. The molecule has 3 rings (SSSR count). The van der Waals surface area contributed by atoms with Gasteiger partial charge in [-0.25, -0.2) is 0 Å². The number of rotatable bonds is 4. The van der Waals surface area contributed by atoms with Crippen molar-refractivity contribution in [3.05, 3.63) is 36.0 Å². The number of para-hydroxylation sites is 1. The van der Waals surface area contributed by atoms with Gasteiger partial charge in [0.25, 0.3) is 0 Å². The van der Waals surface area contributed by atoms with E-state index in [2.05, 4.69) is 11.1 Å². The molecule has 2 atom stereocenters. The summed E-state index contributed by atoms with van der Waals surface area (Å²) in [5.74, 6) is -0.400. The summed E-state index contributed by atoms with van der Waals surface area (Å²) in [4.78, 5) is 29.0. The molecule has 23 heavy (non-hydrogen) atoms. The molecule has 0 spiro atoms. The summed E-state index contributed by atoms with van der Waals surface area (Å²) in [5, 5.41) is 1.17. The molecular formula is C18H23N3O2. The number of aromatic amines is 1. The Morgan fingerprint density at radius 3 is 2.87 bits per heavy atom. The van der Waals surface area contributed by atoms with E-state index < -0.39 is 0 Å². The molecule has 3 N–H and O–H groups in total. The van der Waals surface area contributed by atoms with E-state index in [1.165, 1.54) is 5.39 Å². The molecule has 5 nitrogen and oxygen atoms in total. The molecule has 0 unspecified atom stereocenters. The number of nitrogens with two attached hydrogens (primary N) is 1. The van der Waals surface area contributed by atoms with E-state index in [0.717, 1.165) is 23.9 Å². The number of aromatic nitrogens is 1. The second-order valence-electron chi connectivity index (χ2n) is 6.43. The second kappa shape index (κ2) is 6.44. The third-order valence-electron chi connectivity index (χ3n) is 4.89. The number of aryl methyl sites for hydroxylation is 1. The van der Waals surface area contributed by atoms with E-state index in [9.17, 15) is 9.59 Å². The summed E-state index contributed by atoms with van der Waals surface area (Å²) in [6.45, 7) is 2.50. The van der Waals surface area contributed by atoms with Crippen LogP contribution in [0.4, 0.5) is 0 Å². The third kappa shape index (κ3) is 3.23. The summed E-state index contributed by atoms with van der Waals surface area (Å²) in [7, 11) is 0. The lowest BCUT2D eigenvalue weighted by molar-refractivity contribution is -0.137. The summed E-state index contributed by atoms with van der Waals surface area (Å²) < 4.78 is 0. The van der Waals surface area contributed by atoms with Gasteiger partial charge in [-0.1, -0.05) is 18.2 Å². The quantitative estimate of drug-likeness (QED) is 0.907. The van der Waals surface area contributed by atoms with E-state index in [-0.39, 0.29) is 23.8 Å². The first-order valence-electron chi connectivity index (χ1n) is 8.20. The highest BCUT2D eigenvalue weighted by Gasteiger charge is 2.31. The Labute approximate surface area is 135 Å². The van der Waals surface area contributed by atoms with Crippen molar-refractivity contribution in [3.8, 4) is 0 Å². The van der Waals surface area contributed by atoms with Gasteiger partial charge in [-0.05, 0) is 37.8 Å². The second-order valence-corrected chi connectivity index (χ2v) is 6.43. The van der Waals surface area contributed by atoms with Gasteiger partial charge in [0.05, 0.1) is 5.92 Å². The van der Waals surface area contributed by atoms with Crippen molar-refractivity contribution in [2.24, 2.45) is 11.7 Å². The fourth-order valence-electron chi connectivity index (χ4n) is 3.41. The zero-order chi connectivity index (χ0) is 16.4. The molecule has 0 bridgehead atoms. The number of nitrogens with zero attached hydrogens (tertiary/aromatic N) is 1. The van der Waals surface area contributed by atoms with Crippen LogP contribution in [0.25, 0.3) is 10.9 Å². The Balaban J connectivity index is 1.65. The van der Waals surface area contributed by atoms with Crippen molar-refractivity contribution in [1.29, 1.82) is 0 Å². The van der Waals surface area contributed by atoms with Crippen molar-refractivity contribution in [3.63, 3.8) is 0 Å². The number of piperidine rings is 1. The Morgan fingerprint density at radius 1 is 1.30 bits per heavy atom. The molecule has 1 aromatic carbocycles. The maximum atomic E-state index is 12.6. The Hall–Kier alpha value is -2.30. The molecule has 1 aliphatic rings. The normalized spacial score (nSPS) is 21.5. The van der Waals surface area contributed by atoms with Crippen molar-refractivity contribution in [1.82, 2.24) is 9.88 Å². The van der Waals surface area contributed by atoms with Crippen LogP contribution in [0.5, 0.6) is 0 Å². The van der Waals surface area contributed by atoms with Crippen LogP contribution in [0.2, 0.25) is 0 Å². The van der Waals surface area contributed by atoms with E-state index in [1.54, 1.807) is 0 Å². The molecular weight excluding hydrogens is 290 g/mol. The predicted octanol–water partition coefficient (Wildman–Crippen LogP) is 2.21. The zero-order valence-electron chi connectivity index (χ0n) is 13.4. The average Bonchev–Trinajstić information content (AvgIpc) is 2.96. The zero-order valence-corrected chi connectivity index (χ0v) is 13.4. The molecule has 0 radical (unpaired) electrons. The van der Waals surface area contributed by atoms with Crippen LogP contribution in [-0.4, -0.2) is 34.3 Å². The van der Waals surface area contributed by atoms with Gasteiger partial charge in [0.2, 0.25) is 11.8 Å². The van der Waals surface area contributed by atoms with E-state index >= 15 is 0 Å². The van der Waals surface area contributed by atoms with E-state index in [4.69, 9.17) is 5.73 Å². The van der Waals surface area contributed by atoms with Gasteiger partial charge in [0, 0.05) is 36.1 Å². The van der Waals surface area contributed by atoms with Gasteiger partial charge in [-0.3, -0.25) is 9.59 Å². The third-order valence-corrected chi connectivity index (χ3v) is 4.89. The number of benzene rings is 1. The molecule has 2 aromatic rings. The van der Waals surface area contributed by atoms with Crippen LogP contribution >= 0.6 is 0 Å². The number of carbonyl (C=O) groups is 2. The van der Waals surface area contributed by atoms with Gasteiger partial charge in [-0.15, -0.1) is 0 Å². The minimum absolute atomic E-state index is 0.105. The number of nitrogens with one attached hydrogen (secondary N) is 1. The van der Waals surface area contributed by atoms with Gasteiger partial charge in [0.1, 0.15) is 0 Å². The highest BCUT2D eigenvalue weighted by atomic mass is 16.2. The topological polar surface area (TPSA) is 79.2 Å². The number of hydrogen-bond acceptors (Lipinski definition) is 2. The average molecular weight is 313 g/mol. The largest absolute Gasteiger partial charge is 0.369 e. The van der Waals surface area contributed by atoms with Gasteiger partial charge in [-0.2, -0.15) is 0 Å². The van der Waals surface area contributed by atoms with Crippen molar-refractivity contribution >= 4 is 22.7 Å². The maximum Gasteiger partial charge on any atom is 0.223 e. The minimum Gasteiger partial charge on any atom is -0.369 e. The smallest absolute Gasteiger partial charge is 0.223 e. The van der Waals surface area contributed by atoms with Gasteiger partial charge in [0.15, 0.2) is 0 Å². The fourth-order valence-corrected chi connectivity index (χ4v) is 3.41. The lowest BCUT2D eigenvalue weighted by atomic mass is 9.92. The van der Waals surface area contributed by atoms with Gasteiger partial charge >= 0.3 is 0 Å². The number of H-pyrrole nitrogens is 1. The van der Waals surface area contributed by atoms with Crippen molar-refractivity contribution < 1.29 is 9.59 Å². The molecule has 1 fully saturated rings. The molecule has 1 aliphatic heterocycles. The maximum absolute atomic E-state index is 12.6. The highest BCUT2D eigenvalue weighted by Crippen LogP contribution is 2.24. The molecule has 1 aromatic heterocycles. The van der Waals surface area contributed by atoms with E-state index in [1.807, 2.05) is 36.2 Å². The number of primary amides is 1. The monoisotopic (exact) mass is 313 g/mol. The number of fused-ring (bicyclic) bond motifs is 1. The Morgan fingerprint density at radius 2 is 2.09 bits per heavy atom. The van der Waals surface area contributed by atoms with Gasteiger partial charge < -0.3 is 15.6 Å². The minimum atomic E-state index is -0.300. The first-order valence-corrected chi connectivity index (χ1v) is 8.20. The summed E-state index contributed by atoms with van der Waals surface area (Å²) in [6, 6.07) is 8.28. The Bertz CT molecular complexity index is 722. The molecule has 2 heterocycles. The van der Waals surface area contributed by atoms with E-state index in [0.29, 0.717) is 19.4 Å². The van der Waals surface area contributed by atoms with Crippen molar-refractivity contribution in [2.75, 3.05) is 6.54 Å². The molecule has 1 saturated heterocycles. The summed E-state index contributed by atoms with van der Waals surface area (Å²) in [6.07, 6.45) is 4.75. The molecule has 122 valence electrons. The van der Waals surface area contributed by atoms with Crippen LogP contribution < -0.4 is 5.73 Å². The van der Waals surface area contributed by atoms with Crippen LogP contribution in [0.3, 0.4) is 0 Å². The molecule has 0 saturated carbocycles. The van der Waals surface area contributed by atoms with Crippen LogP contribution in [0.1, 0.15) is 31.7 Å². The number of likely N-dealkylation sites (tertiary alicyclic amines) is 1. The highest BCUT2D eigenvalue weighted by molar-refractivity contribution is 5.84. The SMILES string of the molecule is C[C@@H]1CC[C@H](C(N)=O)CN1C(=O)CCc1c[nH]c2ccccc12. The number of hydrogen-bond donors (Lipinski definition) is 2. The molecule has 2 amide bonds. The van der Waals surface area contributed by atoms with Crippen LogP contribution in [0.15, 0.2) is 30.5 Å². The first-order chi connectivity index (χ1) is 11.1. The molecule has 0 aliphatic carbocycles. The number of amides is 2. The summed E-state index contributed by atoms with van der Waals surface area (Å²) >= 11 is 0. The number of carbonyl (C=O) groups excluding carboxylic acids is 2. The lowest BCUT2D eigenvalue weighted by Crippen LogP contribution is -2.48. The molecule has 5 heteroatoms. The predicted molar refractivity (Wildman–Crippen MR) is 89.7 cm³/mol. The van der Waals surface area contributed by atoms with Crippen molar-refractivity contribution in [2.45, 2.75) is 38.6 Å². The lowest BCUT2D eigenvalue weighted by Gasteiger charge is -2.37. The standard InChI is InChI=1S/C18H23N3O2/c1-12-6-7-14(18(19)23)11-21(12)17(22)9-8-13-10-20-16-5-3-2-4-15(13)16/h2-5,10,12,14,20H,6-9,11H2,1H3,(H2,19,23)/t12-,14+/m1/s1. The first kappa shape index (κ1) is 15.6. The summed E-state index contributed by atoms with van der Waals surface area (Å²) in [5.41, 5.74) is 7.66. The van der Waals surface area contributed by atoms with Crippen LogP contribution in [0, 0.1) is 5.92 Å². The van der Waals surface area contributed by atoms with Crippen LogP contribution in [-0.2, 0) is 16.0 Å². The fraction of sp³-hybridized carbons (Fsp3) is 0.444.